The second-order valence-corrected chi connectivity index (χ2v) is 5.23. The first-order chi connectivity index (χ1) is 11.6. The minimum absolute atomic E-state index is 0.0755. The van der Waals surface area contributed by atoms with E-state index in [4.69, 9.17) is 9.15 Å². The molecule has 122 valence electrons. The van der Waals surface area contributed by atoms with Gasteiger partial charge in [-0.25, -0.2) is 9.78 Å². The molecule has 0 fully saturated rings. The maximum Gasteiger partial charge on any atom is 0.337 e. The van der Waals surface area contributed by atoms with Gasteiger partial charge in [-0.2, -0.15) is 0 Å². The predicted octanol–water partition coefficient (Wildman–Crippen LogP) is 3.31. The number of aryl methyl sites for hydroxylation is 1. The molecule has 0 saturated heterocycles. The van der Waals surface area contributed by atoms with E-state index in [1.54, 1.807) is 30.3 Å². The highest BCUT2D eigenvalue weighted by Crippen LogP contribution is 2.22. The summed E-state index contributed by atoms with van der Waals surface area (Å²) >= 11 is 0. The van der Waals surface area contributed by atoms with Crippen LogP contribution in [0.2, 0.25) is 0 Å². The molecule has 3 aromatic rings. The number of aldehydes is 1. The highest BCUT2D eigenvalue weighted by Gasteiger charge is 2.12. The Hall–Kier alpha value is -3.15. The highest BCUT2D eigenvalue weighted by atomic mass is 16.5. The summed E-state index contributed by atoms with van der Waals surface area (Å²) in [6.07, 6.45) is 0.747. The number of methoxy groups -OCH3 is 1. The highest BCUT2D eigenvalue weighted by molar-refractivity contribution is 5.93. The molecule has 0 aliphatic rings. The second-order valence-electron chi connectivity index (χ2n) is 5.23. The molecule has 0 spiro atoms. The number of ether oxygens (including phenoxy) is 2. The Morgan fingerprint density at radius 1 is 1.25 bits per heavy atom. The molecule has 0 N–H and O–H groups in total. The molecule has 0 aliphatic carbocycles. The van der Waals surface area contributed by atoms with Crippen LogP contribution >= 0.6 is 0 Å². The topological polar surface area (TPSA) is 78.6 Å². The minimum atomic E-state index is -0.443. The van der Waals surface area contributed by atoms with E-state index >= 15 is 0 Å². The SMILES string of the molecule is COC(=O)c1ccc2nc(COc3ccc(C)cc3C=O)oc2c1. The molecular weight excluding hydrogens is 310 g/mol. The summed E-state index contributed by atoms with van der Waals surface area (Å²) in [7, 11) is 1.32. The van der Waals surface area contributed by atoms with Crippen molar-refractivity contribution in [1.82, 2.24) is 4.98 Å². The van der Waals surface area contributed by atoms with Gasteiger partial charge in [0.25, 0.3) is 0 Å². The van der Waals surface area contributed by atoms with Crippen LogP contribution in [0, 0.1) is 6.92 Å². The van der Waals surface area contributed by atoms with E-state index in [1.165, 1.54) is 7.11 Å². The van der Waals surface area contributed by atoms with E-state index in [0.29, 0.717) is 33.9 Å². The Labute approximate surface area is 138 Å². The number of esters is 1. The Morgan fingerprint density at radius 2 is 2.08 bits per heavy atom. The molecule has 6 nitrogen and oxygen atoms in total. The lowest BCUT2D eigenvalue weighted by Crippen LogP contribution is -2.00. The van der Waals surface area contributed by atoms with Crippen LogP contribution < -0.4 is 4.74 Å². The Morgan fingerprint density at radius 3 is 2.83 bits per heavy atom. The van der Waals surface area contributed by atoms with E-state index in [9.17, 15) is 9.59 Å². The number of carbonyl (C=O) groups is 2. The van der Waals surface area contributed by atoms with Gasteiger partial charge in [0.1, 0.15) is 11.3 Å². The van der Waals surface area contributed by atoms with Crippen molar-refractivity contribution in [2.75, 3.05) is 7.11 Å². The quantitative estimate of drug-likeness (QED) is 0.529. The number of rotatable bonds is 5. The largest absolute Gasteiger partial charge is 0.483 e. The summed E-state index contributed by atoms with van der Waals surface area (Å²) < 4.78 is 15.9. The average Bonchev–Trinajstić information content (AvgIpc) is 3.01. The van der Waals surface area contributed by atoms with Crippen LogP contribution in [0.15, 0.2) is 40.8 Å². The van der Waals surface area contributed by atoms with Gasteiger partial charge in [0, 0.05) is 0 Å². The number of carbonyl (C=O) groups excluding carboxylic acids is 2. The van der Waals surface area contributed by atoms with Crippen molar-refractivity contribution in [3.05, 3.63) is 59.0 Å². The summed E-state index contributed by atoms with van der Waals surface area (Å²) in [5, 5.41) is 0. The summed E-state index contributed by atoms with van der Waals surface area (Å²) in [6.45, 7) is 1.97. The van der Waals surface area contributed by atoms with Crippen molar-refractivity contribution in [1.29, 1.82) is 0 Å². The molecule has 0 bridgehead atoms. The zero-order chi connectivity index (χ0) is 17.1. The molecule has 1 heterocycles. The normalized spacial score (nSPS) is 10.6. The third-order valence-corrected chi connectivity index (χ3v) is 3.50. The fourth-order valence-corrected chi connectivity index (χ4v) is 2.31. The number of hydrogen-bond donors (Lipinski definition) is 0. The molecule has 2 aromatic carbocycles. The number of aromatic nitrogens is 1. The standard InChI is InChI=1S/C18H15NO5/c1-11-3-6-15(13(7-11)9-20)23-10-17-19-14-5-4-12(18(21)22-2)8-16(14)24-17/h3-9H,10H2,1-2H3. The zero-order valence-corrected chi connectivity index (χ0v) is 13.2. The predicted molar refractivity (Wildman–Crippen MR) is 86.2 cm³/mol. The maximum atomic E-state index is 11.5. The molecule has 1 aromatic heterocycles. The van der Waals surface area contributed by atoms with Crippen molar-refractivity contribution >= 4 is 23.4 Å². The van der Waals surface area contributed by atoms with Gasteiger partial charge in [-0.3, -0.25) is 4.79 Å². The van der Waals surface area contributed by atoms with Gasteiger partial charge in [0.05, 0.1) is 18.2 Å². The molecule has 24 heavy (non-hydrogen) atoms. The van der Waals surface area contributed by atoms with Crippen LogP contribution in [0.3, 0.4) is 0 Å². The molecule has 3 rings (SSSR count). The Kier molecular flexibility index (Phi) is 4.29. The van der Waals surface area contributed by atoms with E-state index in [-0.39, 0.29) is 6.61 Å². The Bertz CT molecular complexity index is 913. The number of fused-ring (bicyclic) bond motifs is 1. The first-order valence-corrected chi connectivity index (χ1v) is 7.27. The molecule has 0 radical (unpaired) electrons. The molecular formula is C18H15NO5. The summed E-state index contributed by atoms with van der Waals surface area (Å²) in [6, 6.07) is 10.2. The summed E-state index contributed by atoms with van der Waals surface area (Å²) in [4.78, 5) is 26.9. The number of hydrogen-bond acceptors (Lipinski definition) is 6. The molecule has 0 aliphatic heterocycles. The molecule has 0 amide bonds. The lowest BCUT2D eigenvalue weighted by molar-refractivity contribution is 0.0600. The fraction of sp³-hybridized carbons (Fsp3) is 0.167. The van der Waals surface area contributed by atoms with E-state index in [0.717, 1.165) is 11.8 Å². The van der Waals surface area contributed by atoms with Crippen LogP contribution in [0.4, 0.5) is 0 Å². The minimum Gasteiger partial charge on any atom is -0.483 e. The van der Waals surface area contributed by atoms with Crippen LogP contribution in [-0.4, -0.2) is 24.3 Å². The van der Waals surface area contributed by atoms with Crippen molar-refractivity contribution in [3.8, 4) is 5.75 Å². The summed E-state index contributed by atoms with van der Waals surface area (Å²) in [5.74, 6) is 0.374. The lowest BCUT2D eigenvalue weighted by Gasteiger charge is -2.06. The van der Waals surface area contributed by atoms with Gasteiger partial charge < -0.3 is 13.9 Å². The van der Waals surface area contributed by atoms with Gasteiger partial charge in [0.2, 0.25) is 5.89 Å². The smallest absolute Gasteiger partial charge is 0.337 e. The van der Waals surface area contributed by atoms with Crippen LogP contribution in [0.1, 0.15) is 32.2 Å². The third kappa shape index (κ3) is 3.12. The van der Waals surface area contributed by atoms with Gasteiger partial charge in [0.15, 0.2) is 18.5 Å². The summed E-state index contributed by atoms with van der Waals surface area (Å²) in [5.41, 5.74) is 2.91. The fourth-order valence-electron chi connectivity index (χ4n) is 2.31. The van der Waals surface area contributed by atoms with Crippen molar-refractivity contribution in [2.45, 2.75) is 13.5 Å². The third-order valence-electron chi connectivity index (χ3n) is 3.50. The van der Waals surface area contributed by atoms with Crippen LogP contribution in [0.25, 0.3) is 11.1 Å². The lowest BCUT2D eigenvalue weighted by atomic mass is 10.1. The number of oxazole rings is 1. The van der Waals surface area contributed by atoms with Gasteiger partial charge in [-0.15, -0.1) is 0 Å². The van der Waals surface area contributed by atoms with E-state index in [2.05, 4.69) is 9.72 Å². The average molecular weight is 325 g/mol. The maximum absolute atomic E-state index is 11.5. The number of benzene rings is 2. The van der Waals surface area contributed by atoms with Crippen LogP contribution in [-0.2, 0) is 11.3 Å². The first-order valence-electron chi connectivity index (χ1n) is 7.27. The van der Waals surface area contributed by atoms with Crippen LogP contribution in [0.5, 0.6) is 5.75 Å². The zero-order valence-electron chi connectivity index (χ0n) is 13.2. The van der Waals surface area contributed by atoms with Gasteiger partial charge in [-0.05, 0) is 37.3 Å². The van der Waals surface area contributed by atoms with E-state index < -0.39 is 5.97 Å². The van der Waals surface area contributed by atoms with Gasteiger partial charge >= 0.3 is 5.97 Å². The van der Waals surface area contributed by atoms with Crippen molar-refractivity contribution in [3.63, 3.8) is 0 Å². The number of nitrogens with zero attached hydrogens (tertiary/aromatic N) is 1. The molecule has 0 atom stereocenters. The van der Waals surface area contributed by atoms with E-state index in [1.807, 2.05) is 13.0 Å². The molecule has 0 unspecified atom stereocenters. The van der Waals surface area contributed by atoms with Crippen molar-refractivity contribution < 1.29 is 23.5 Å². The van der Waals surface area contributed by atoms with Gasteiger partial charge in [-0.1, -0.05) is 11.6 Å². The monoisotopic (exact) mass is 325 g/mol. The molecule has 6 heteroatoms. The Balaban J connectivity index is 1.81. The first kappa shape index (κ1) is 15.7. The van der Waals surface area contributed by atoms with Crippen molar-refractivity contribution in [2.24, 2.45) is 0 Å². The second kappa shape index (κ2) is 6.54. The molecule has 0 saturated carbocycles.